The second-order valence-electron chi connectivity index (χ2n) is 3.51. The summed E-state index contributed by atoms with van der Waals surface area (Å²) < 4.78 is 0. The van der Waals surface area contributed by atoms with Crippen molar-refractivity contribution in [1.29, 1.82) is 0 Å². The molecule has 0 saturated heterocycles. The molecule has 4 heteroatoms. The molecule has 3 nitrogen and oxygen atoms in total. The van der Waals surface area contributed by atoms with E-state index in [9.17, 15) is 4.79 Å². The molecule has 0 aliphatic carbocycles. The molecule has 1 rings (SSSR count). The number of carboxylic acid groups (broad SMARTS) is 1. The first-order chi connectivity index (χ1) is 7.08. The Balaban J connectivity index is 2.36. The lowest BCUT2D eigenvalue weighted by Gasteiger charge is -2.11. The van der Waals surface area contributed by atoms with Crippen LogP contribution >= 0.6 is 11.6 Å². The number of hydrogen-bond donors (Lipinski definition) is 2. The third-order valence-electron chi connectivity index (χ3n) is 2.05. The standard InChI is InChI=1S/C11H14ClNO2/c1-8(6-11(14)15)13-7-9-2-4-10(12)5-3-9/h2-5,8,13H,6-7H2,1H3,(H,14,15)/t8-/m1/s1. The van der Waals surface area contributed by atoms with Gasteiger partial charge < -0.3 is 10.4 Å². The van der Waals surface area contributed by atoms with E-state index in [4.69, 9.17) is 16.7 Å². The largest absolute Gasteiger partial charge is 0.481 e. The van der Waals surface area contributed by atoms with E-state index in [1.807, 2.05) is 31.2 Å². The quantitative estimate of drug-likeness (QED) is 0.812. The van der Waals surface area contributed by atoms with Gasteiger partial charge in [-0.25, -0.2) is 0 Å². The van der Waals surface area contributed by atoms with E-state index in [2.05, 4.69) is 5.32 Å². The minimum absolute atomic E-state index is 0.0295. The van der Waals surface area contributed by atoms with Gasteiger partial charge in [-0.05, 0) is 24.6 Å². The lowest BCUT2D eigenvalue weighted by atomic mass is 10.2. The molecule has 0 aromatic heterocycles. The van der Waals surface area contributed by atoms with Crippen molar-refractivity contribution in [3.05, 3.63) is 34.9 Å². The maximum atomic E-state index is 10.4. The van der Waals surface area contributed by atoms with Gasteiger partial charge in [-0.3, -0.25) is 4.79 Å². The van der Waals surface area contributed by atoms with Crippen molar-refractivity contribution in [3.63, 3.8) is 0 Å². The minimum atomic E-state index is -0.786. The molecule has 0 aliphatic heterocycles. The highest BCUT2D eigenvalue weighted by molar-refractivity contribution is 6.30. The Morgan fingerprint density at radius 3 is 2.60 bits per heavy atom. The van der Waals surface area contributed by atoms with Crippen LogP contribution in [0.4, 0.5) is 0 Å². The van der Waals surface area contributed by atoms with Gasteiger partial charge in [0.05, 0.1) is 6.42 Å². The van der Waals surface area contributed by atoms with E-state index in [-0.39, 0.29) is 12.5 Å². The van der Waals surface area contributed by atoms with Crippen LogP contribution in [-0.2, 0) is 11.3 Å². The van der Waals surface area contributed by atoms with E-state index >= 15 is 0 Å². The summed E-state index contributed by atoms with van der Waals surface area (Å²) in [6.45, 7) is 2.51. The van der Waals surface area contributed by atoms with Crippen LogP contribution < -0.4 is 5.32 Å². The zero-order chi connectivity index (χ0) is 11.3. The number of benzene rings is 1. The molecule has 0 radical (unpaired) electrons. The summed E-state index contributed by atoms with van der Waals surface area (Å²) in [6.07, 6.45) is 0.133. The number of carboxylic acids is 1. The maximum Gasteiger partial charge on any atom is 0.304 e. The highest BCUT2D eigenvalue weighted by atomic mass is 35.5. The molecule has 0 bridgehead atoms. The fourth-order valence-electron chi connectivity index (χ4n) is 1.23. The molecule has 0 aliphatic rings. The summed E-state index contributed by atoms with van der Waals surface area (Å²) in [7, 11) is 0. The van der Waals surface area contributed by atoms with Gasteiger partial charge in [0.25, 0.3) is 0 Å². The SMILES string of the molecule is C[C@H](CC(=O)O)NCc1ccc(Cl)cc1. The normalized spacial score (nSPS) is 12.4. The Kier molecular flexibility index (Phi) is 4.59. The number of hydrogen-bond acceptors (Lipinski definition) is 2. The fourth-order valence-corrected chi connectivity index (χ4v) is 1.35. The van der Waals surface area contributed by atoms with Crippen molar-refractivity contribution in [3.8, 4) is 0 Å². The first kappa shape index (κ1) is 12.0. The number of rotatable bonds is 5. The average molecular weight is 228 g/mol. The summed E-state index contributed by atoms with van der Waals surface area (Å²) in [5.41, 5.74) is 1.09. The van der Waals surface area contributed by atoms with Crippen LogP contribution in [-0.4, -0.2) is 17.1 Å². The van der Waals surface area contributed by atoms with E-state index < -0.39 is 5.97 Å². The zero-order valence-electron chi connectivity index (χ0n) is 8.53. The van der Waals surface area contributed by atoms with Gasteiger partial charge in [0, 0.05) is 17.6 Å². The van der Waals surface area contributed by atoms with Gasteiger partial charge in [0.2, 0.25) is 0 Å². The van der Waals surface area contributed by atoms with Crippen molar-refractivity contribution in [2.24, 2.45) is 0 Å². The molecule has 1 atom stereocenters. The number of carbonyl (C=O) groups is 1. The number of halogens is 1. The third kappa shape index (κ3) is 4.81. The summed E-state index contributed by atoms with van der Waals surface area (Å²) in [5.74, 6) is -0.786. The molecule has 15 heavy (non-hydrogen) atoms. The third-order valence-corrected chi connectivity index (χ3v) is 2.30. The molecule has 0 heterocycles. The molecule has 0 fully saturated rings. The van der Waals surface area contributed by atoms with Crippen LogP contribution in [0.5, 0.6) is 0 Å². The monoisotopic (exact) mass is 227 g/mol. The van der Waals surface area contributed by atoms with Crippen LogP contribution in [0.25, 0.3) is 0 Å². The van der Waals surface area contributed by atoms with Gasteiger partial charge in [-0.15, -0.1) is 0 Å². The average Bonchev–Trinajstić information content (AvgIpc) is 2.16. The Hall–Kier alpha value is -1.06. The first-order valence-electron chi connectivity index (χ1n) is 4.77. The van der Waals surface area contributed by atoms with Gasteiger partial charge >= 0.3 is 5.97 Å². The van der Waals surface area contributed by atoms with E-state index in [0.29, 0.717) is 11.6 Å². The van der Waals surface area contributed by atoms with Crippen molar-refractivity contribution in [1.82, 2.24) is 5.32 Å². The second kappa shape index (κ2) is 5.73. The molecular formula is C11H14ClNO2. The number of aliphatic carboxylic acids is 1. The predicted octanol–water partition coefficient (Wildman–Crippen LogP) is 2.29. The Morgan fingerprint density at radius 1 is 1.47 bits per heavy atom. The molecule has 0 amide bonds. The predicted molar refractivity (Wildman–Crippen MR) is 60.0 cm³/mol. The summed E-state index contributed by atoms with van der Waals surface area (Å²) in [4.78, 5) is 10.4. The second-order valence-corrected chi connectivity index (χ2v) is 3.94. The zero-order valence-corrected chi connectivity index (χ0v) is 9.29. The van der Waals surface area contributed by atoms with Crippen molar-refractivity contribution >= 4 is 17.6 Å². The molecule has 0 unspecified atom stereocenters. The minimum Gasteiger partial charge on any atom is -0.481 e. The summed E-state index contributed by atoms with van der Waals surface area (Å²) in [6, 6.07) is 7.45. The van der Waals surface area contributed by atoms with E-state index in [1.54, 1.807) is 0 Å². The van der Waals surface area contributed by atoms with Crippen LogP contribution in [0.15, 0.2) is 24.3 Å². The summed E-state index contributed by atoms with van der Waals surface area (Å²) >= 11 is 5.75. The van der Waals surface area contributed by atoms with Crippen molar-refractivity contribution in [2.45, 2.75) is 25.9 Å². The molecule has 82 valence electrons. The highest BCUT2D eigenvalue weighted by Crippen LogP contribution is 2.09. The van der Waals surface area contributed by atoms with Crippen LogP contribution in [0.3, 0.4) is 0 Å². The van der Waals surface area contributed by atoms with Crippen LogP contribution in [0.1, 0.15) is 18.9 Å². The Bertz CT molecular complexity index is 324. The highest BCUT2D eigenvalue weighted by Gasteiger charge is 2.06. The smallest absolute Gasteiger partial charge is 0.304 e. The van der Waals surface area contributed by atoms with Gasteiger partial charge in [0.15, 0.2) is 0 Å². The van der Waals surface area contributed by atoms with Crippen LogP contribution in [0, 0.1) is 0 Å². The van der Waals surface area contributed by atoms with Gasteiger partial charge in [0.1, 0.15) is 0 Å². The number of nitrogens with one attached hydrogen (secondary N) is 1. The topological polar surface area (TPSA) is 49.3 Å². The van der Waals surface area contributed by atoms with Crippen LogP contribution in [0.2, 0.25) is 5.02 Å². The Labute approximate surface area is 94.1 Å². The molecule has 2 N–H and O–H groups in total. The van der Waals surface area contributed by atoms with E-state index in [0.717, 1.165) is 5.56 Å². The first-order valence-corrected chi connectivity index (χ1v) is 5.15. The molecule has 0 spiro atoms. The van der Waals surface area contributed by atoms with E-state index in [1.165, 1.54) is 0 Å². The summed E-state index contributed by atoms with van der Waals surface area (Å²) in [5, 5.41) is 12.4. The van der Waals surface area contributed by atoms with Crippen molar-refractivity contribution in [2.75, 3.05) is 0 Å². The maximum absolute atomic E-state index is 10.4. The lowest BCUT2D eigenvalue weighted by Crippen LogP contribution is -2.27. The fraction of sp³-hybridized carbons (Fsp3) is 0.364. The molecular weight excluding hydrogens is 214 g/mol. The van der Waals surface area contributed by atoms with Gasteiger partial charge in [-0.1, -0.05) is 23.7 Å². The van der Waals surface area contributed by atoms with Gasteiger partial charge in [-0.2, -0.15) is 0 Å². The Morgan fingerprint density at radius 2 is 2.07 bits per heavy atom. The molecule has 1 aromatic carbocycles. The molecule has 1 aromatic rings. The lowest BCUT2D eigenvalue weighted by molar-refractivity contribution is -0.137. The molecule has 0 saturated carbocycles. The van der Waals surface area contributed by atoms with Crippen molar-refractivity contribution < 1.29 is 9.90 Å².